The first-order chi connectivity index (χ1) is 13.6. The monoisotopic (exact) mass is 440 g/mol. The fourth-order valence-electron chi connectivity index (χ4n) is 3.52. The highest BCUT2D eigenvalue weighted by Gasteiger charge is 2.40. The fourth-order valence-corrected chi connectivity index (χ4v) is 4.14. The standard InChI is InChI=1S/C21H17BrN2O4/c1-25-17-9-12(8-15(22)19(17)26-2)18-13-7-11-5-3-4-6-16(11)27-21(13)28-20(24)14(18)10-23/h3-9,18,21H,24H2,1-2H3. The van der Waals surface area contributed by atoms with Crippen molar-refractivity contribution in [3.8, 4) is 23.3 Å². The Labute approximate surface area is 170 Å². The quantitative estimate of drug-likeness (QED) is 0.773. The lowest BCUT2D eigenvalue weighted by Gasteiger charge is -2.36. The molecule has 2 aliphatic rings. The van der Waals surface area contributed by atoms with E-state index >= 15 is 0 Å². The lowest BCUT2D eigenvalue weighted by atomic mass is 9.81. The van der Waals surface area contributed by atoms with Crippen LogP contribution in [-0.2, 0) is 4.74 Å². The van der Waals surface area contributed by atoms with Crippen LogP contribution in [0.5, 0.6) is 17.2 Å². The van der Waals surface area contributed by atoms with E-state index in [9.17, 15) is 5.26 Å². The first-order valence-electron chi connectivity index (χ1n) is 8.52. The molecule has 2 aliphatic heterocycles. The largest absolute Gasteiger partial charge is 0.493 e. The number of allylic oxidation sites excluding steroid dienone is 1. The number of nitriles is 1. The molecule has 2 atom stereocenters. The Bertz CT molecular complexity index is 1050. The van der Waals surface area contributed by atoms with Gasteiger partial charge in [-0.1, -0.05) is 18.2 Å². The SMILES string of the molecule is COc1cc(C2C3=Cc4ccccc4OC3OC(N)=C2C#N)cc(Br)c1OC. The molecular weight excluding hydrogens is 424 g/mol. The molecule has 0 fully saturated rings. The number of para-hydroxylation sites is 1. The molecule has 0 bridgehead atoms. The summed E-state index contributed by atoms with van der Waals surface area (Å²) in [6, 6.07) is 13.6. The van der Waals surface area contributed by atoms with Gasteiger partial charge >= 0.3 is 0 Å². The van der Waals surface area contributed by atoms with Crippen LogP contribution in [0.15, 0.2) is 57.9 Å². The third-order valence-electron chi connectivity index (χ3n) is 4.78. The van der Waals surface area contributed by atoms with Crippen molar-refractivity contribution in [2.24, 2.45) is 5.73 Å². The Morgan fingerprint density at radius 2 is 1.93 bits per heavy atom. The molecule has 0 saturated heterocycles. The third-order valence-corrected chi connectivity index (χ3v) is 5.37. The average molecular weight is 441 g/mol. The minimum Gasteiger partial charge on any atom is -0.493 e. The summed E-state index contributed by atoms with van der Waals surface area (Å²) in [5.74, 6) is 1.44. The molecule has 2 aromatic carbocycles. The Balaban J connectivity index is 1.92. The van der Waals surface area contributed by atoms with Crippen LogP contribution in [0.4, 0.5) is 0 Å². The Morgan fingerprint density at radius 1 is 1.14 bits per heavy atom. The van der Waals surface area contributed by atoms with Gasteiger partial charge in [-0.3, -0.25) is 0 Å². The molecule has 7 heteroatoms. The number of hydrogen-bond acceptors (Lipinski definition) is 6. The summed E-state index contributed by atoms with van der Waals surface area (Å²) >= 11 is 3.52. The summed E-state index contributed by atoms with van der Waals surface area (Å²) in [7, 11) is 3.13. The van der Waals surface area contributed by atoms with Crippen molar-refractivity contribution >= 4 is 22.0 Å². The Kier molecular flexibility index (Phi) is 4.65. The molecular formula is C21H17BrN2O4. The van der Waals surface area contributed by atoms with E-state index in [1.807, 2.05) is 42.5 Å². The van der Waals surface area contributed by atoms with E-state index in [1.165, 1.54) is 0 Å². The van der Waals surface area contributed by atoms with Gasteiger partial charge in [0.2, 0.25) is 5.88 Å². The van der Waals surface area contributed by atoms with Crippen molar-refractivity contribution in [2.75, 3.05) is 14.2 Å². The highest BCUT2D eigenvalue weighted by Crippen LogP contribution is 2.47. The van der Waals surface area contributed by atoms with Gasteiger partial charge in [-0.25, -0.2) is 0 Å². The van der Waals surface area contributed by atoms with E-state index in [0.29, 0.717) is 27.3 Å². The molecule has 0 saturated carbocycles. The van der Waals surface area contributed by atoms with Gasteiger partial charge in [0, 0.05) is 11.1 Å². The van der Waals surface area contributed by atoms with E-state index in [1.54, 1.807) is 14.2 Å². The number of rotatable bonds is 3. The van der Waals surface area contributed by atoms with Gasteiger partial charge in [0.25, 0.3) is 6.29 Å². The van der Waals surface area contributed by atoms with Crippen LogP contribution in [0.3, 0.4) is 0 Å². The van der Waals surface area contributed by atoms with Crippen molar-refractivity contribution in [3.63, 3.8) is 0 Å². The molecule has 142 valence electrons. The van der Waals surface area contributed by atoms with Crippen molar-refractivity contribution in [3.05, 3.63) is 69.0 Å². The molecule has 2 N–H and O–H groups in total. The van der Waals surface area contributed by atoms with Gasteiger partial charge in [0.05, 0.1) is 24.6 Å². The van der Waals surface area contributed by atoms with Crippen LogP contribution in [0.2, 0.25) is 0 Å². The molecule has 0 radical (unpaired) electrons. The van der Waals surface area contributed by atoms with Crippen molar-refractivity contribution < 1.29 is 18.9 Å². The lowest BCUT2D eigenvalue weighted by molar-refractivity contribution is -0.0294. The summed E-state index contributed by atoms with van der Waals surface area (Å²) in [6.07, 6.45) is 1.28. The molecule has 2 unspecified atom stereocenters. The highest BCUT2D eigenvalue weighted by atomic mass is 79.9. The number of ether oxygens (including phenoxy) is 4. The molecule has 0 aliphatic carbocycles. The first-order valence-corrected chi connectivity index (χ1v) is 9.31. The second-order valence-corrected chi connectivity index (χ2v) is 7.17. The molecule has 28 heavy (non-hydrogen) atoms. The van der Waals surface area contributed by atoms with Crippen LogP contribution < -0.4 is 19.9 Å². The number of nitrogens with two attached hydrogens (primary N) is 1. The van der Waals surface area contributed by atoms with Crippen LogP contribution in [0.25, 0.3) is 6.08 Å². The molecule has 2 heterocycles. The van der Waals surface area contributed by atoms with Crippen LogP contribution in [0, 0.1) is 11.3 Å². The molecule has 0 aromatic heterocycles. The van der Waals surface area contributed by atoms with Crippen molar-refractivity contribution in [1.82, 2.24) is 0 Å². The second kappa shape index (κ2) is 7.13. The molecule has 0 spiro atoms. The van der Waals surface area contributed by atoms with Gasteiger partial charge in [-0.15, -0.1) is 0 Å². The number of fused-ring (bicyclic) bond motifs is 2. The summed E-state index contributed by atoms with van der Waals surface area (Å²) in [5.41, 5.74) is 8.92. The number of nitrogens with zero attached hydrogens (tertiary/aromatic N) is 1. The maximum atomic E-state index is 9.77. The van der Waals surface area contributed by atoms with Gasteiger partial charge in [-0.2, -0.15) is 5.26 Å². The Morgan fingerprint density at radius 3 is 2.64 bits per heavy atom. The number of halogens is 1. The van der Waals surface area contributed by atoms with E-state index in [-0.39, 0.29) is 5.88 Å². The van der Waals surface area contributed by atoms with E-state index in [4.69, 9.17) is 24.7 Å². The van der Waals surface area contributed by atoms with Crippen LogP contribution >= 0.6 is 15.9 Å². The maximum Gasteiger partial charge on any atom is 0.266 e. The maximum absolute atomic E-state index is 9.77. The predicted octanol–water partition coefficient (Wildman–Crippen LogP) is 4.08. The van der Waals surface area contributed by atoms with Gasteiger partial charge in [-0.05, 0) is 45.8 Å². The third kappa shape index (κ3) is 2.86. The summed E-state index contributed by atoms with van der Waals surface area (Å²) in [6.45, 7) is 0. The van der Waals surface area contributed by atoms with E-state index in [0.717, 1.165) is 16.7 Å². The zero-order valence-electron chi connectivity index (χ0n) is 15.2. The van der Waals surface area contributed by atoms with Gasteiger partial charge in [0.15, 0.2) is 11.5 Å². The molecule has 0 amide bonds. The highest BCUT2D eigenvalue weighted by molar-refractivity contribution is 9.10. The summed E-state index contributed by atoms with van der Waals surface area (Å²) < 4.78 is 23.3. The topological polar surface area (TPSA) is 86.7 Å². The minimum absolute atomic E-state index is 0.0555. The number of benzene rings is 2. The summed E-state index contributed by atoms with van der Waals surface area (Å²) in [4.78, 5) is 0. The number of hydrogen-bond donors (Lipinski definition) is 1. The molecule has 6 nitrogen and oxygen atoms in total. The van der Waals surface area contributed by atoms with Gasteiger partial charge < -0.3 is 24.7 Å². The van der Waals surface area contributed by atoms with Crippen molar-refractivity contribution in [2.45, 2.75) is 12.2 Å². The van der Waals surface area contributed by atoms with Gasteiger partial charge in [0.1, 0.15) is 17.4 Å². The van der Waals surface area contributed by atoms with Crippen LogP contribution in [-0.4, -0.2) is 20.5 Å². The second-order valence-electron chi connectivity index (χ2n) is 6.31. The zero-order chi connectivity index (χ0) is 19.8. The average Bonchev–Trinajstić information content (AvgIpc) is 2.70. The van der Waals surface area contributed by atoms with E-state index < -0.39 is 12.2 Å². The summed E-state index contributed by atoms with van der Waals surface area (Å²) in [5, 5.41) is 9.77. The molecule has 4 rings (SSSR count). The number of methoxy groups -OCH3 is 2. The Hall–Kier alpha value is -3.11. The zero-order valence-corrected chi connectivity index (χ0v) is 16.8. The first kappa shape index (κ1) is 18.3. The predicted molar refractivity (Wildman–Crippen MR) is 107 cm³/mol. The smallest absolute Gasteiger partial charge is 0.266 e. The molecule has 2 aromatic rings. The lowest BCUT2D eigenvalue weighted by Crippen LogP contribution is -2.36. The normalized spacial score (nSPS) is 20.0. The van der Waals surface area contributed by atoms with E-state index in [2.05, 4.69) is 22.0 Å². The van der Waals surface area contributed by atoms with Crippen molar-refractivity contribution in [1.29, 1.82) is 5.26 Å². The minimum atomic E-state index is -0.705. The van der Waals surface area contributed by atoms with Crippen LogP contribution in [0.1, 0.15) is 17.0 Å². The fraction of sp³-hybridized carbons (Fsp3) is 0.190.